The molecule has 3 nitrogen and oxygen atoms in total. The lowest BCUT2D eigenvalue weighted by molar-refractivity contribution is 0.263. The van der Waals surface area contributed by atoms with Gasteiger partial charge in [0.15, 0.2) is 0 Å². The van der Waals surface area contributed by atoms with Gasteiger partial charge in [-0.2, -0.15) is 5.26 Å². The van der Waals surface area contributed by atoms with E-state index in [9.17, 15) is 0 Å². The molecule has 1 saturated heterocycles. The van der Waals surface area contributed by atoms with Crippen LogP contribution in [0.5, 0.6) is 5.75 Å². The van der Waals surface area contributed by atoms with Crippen molar-refractivity contribution < 1.29 is 4.74 Å². The van der Waals surface area contributed by atoms with Crippen LogP contribution in [0.4, 0.5) is 0 Å². The summed E-state index contributed by atoms with van der Waals surface area (Å²) < 4.78 is 5.63. The van der Waals surface area contributed by atoms with E-state index >= 15 is 0 Å². The molecule has 0 bridgehead atoms. The van der Waals surface area contributed by atoms with Crippen LogP contribution < -0.4 is 4.74 Å². The van der Waals surface area contributed by atoms with Gasteiger partial charge in [-0.1, -0.05) is 11.6 Å². The van der Waals surface area contributed by atoms with Gasteiger partial charge in [0.2, 0.25) is 0 Å². The van der Waals surface area contributed by atoms with Crippen LogP contribution in [0, 0.1) is 11.3 Å². The van der Waals surface area contributed by atoms with Crippen molar-refractivity contribution in [2.75, 3.05) is 26.2 Å². The minimum absolute atomic E-state index is 0.509. The topological polar surface area (TPSA) is 36.3 Å². The van der Waals surface area contributed by atoms with Crippen LogP contribution in [0.2, 0.25) is 5.02 Å². The molecule has 0 aliphatic carbocycles. The molecule has 0 aromatic heterocycles. The average Bonchev–Trinajstić information content (AvgIpc) is 2.89. The van der Waals surface area contributed by atoms with E-state index in [0.29, 0.717) is 22.9 Å². The number of nitrogens with zero attached hydrogens (tertiary/aromatic N) is 2. The van der Waals surface area contributed by atoms with Gasteiger partial charge in [-0.05, 0) is 50.6 Å². The van der Waals surface area contributed by atoms with E-state index in [4.69, 9.17) is 21.6 Å². The zero-order valence-corrected chi connectivity index (χ0v) is 11.1. The molecule has 0 unspecified atom stereocenters. The highest BCUT2D eigenvalue weighted by atomic mass is 35.5. The standard InChI is InChI=1S/C14H17ClN2O/c15-13-10-12(11-16)4-5-14(13)18-9-3-8-17-6-1-2-7-17/h4-5,10H,1-3,6-9H2. The molecule has 0 saturated carbocycles. The van der Waals surface area contributed by atoms with E-state index in [-0.39, 0.29) is 0 Å². The van der Waals surface area contributed by atoms with Crippen LogP contribution in [0.25, 0.3) is 0 Å². The summed E-state index contributed by atoms with van der Waals surface area (Å²) in [6.45, 7) is 4.20. The lowest BCUT2D eigenvalue weighted by Crippen LogP contribution is -2.21. The van der Waals surface area contributed by atoms with Gasteiger partial charge in [0.05, 0.1) is 23.3 Å². The van der Waals surface area contributed by atoms with Gasteiger partial charge in [-0.15, -0.1) is 0 Å². The Labute approximate surface area is 113 Å². The van der Waals surface area contributed by atoms with E-state index in [1.807, 2.05) is 0 Å². The van der Waals surface area contributed by atoms with Crippen LogP contribution in [0.15, 0.2) is 18.2 Å². The summed E-state index contributed by atoms with van der Waals surface area (Å²) in [5, 5.41) is 9.24. The molecular formula is C14H17ClN2O. The molecule has 18 heavy (non-hydrogen) atoms. The second-order valence-electron chi connectivity index (χ2n) is 4.51. The fourth-order valence-corrected chi connectivity index (χ4v) is 2.40. The van der Waals surface area contributed by atoms with E-state index in [0.717, 1.165) is 13.0 Å². The summed E-state index contributed by atoms with van der Waals surface area (Å²) >= 11 is 6.03. The molecule has 4 heteroatoms. The highest BCUT2D eigenvalue weighted by molar-refractivity contribution is 6.32. The summed E-state index contributed by atoms with van der Waals surface area (Å²) in [5.74, 6) is 0.664. The Hall–Kier alpha value is -1.24. The van der Waals surface area contributed by atoms with Crippen molar-refractivity contribution in [3.8, 4) is 11.8 Å². The number of likely N-dealkylation sites (tertiary alicyclic amines) is 1. The molecule has 0 spiro atoms. The first kappa shape index (κ1) is 13.2. The smallest absolute Gasteiger partial charge is 0.137 e. The normalized spacial score (nSPS) is 15.6. The minimum atomic E-state index is 0.509. The van der Waals surface area contributed by atoms with Crippen molar-refractivity contribution in [2.45, 2.75) is 19.3 Å². The first-order chi connectivity index (χ1) is 8.79. The molecule has 96 valence electrons. The Morgan fingerprint density at radius 2 is 2.11 bits per heavy atom. The number of ether oxygens (including phenoxy) is 1. The number of halogens is 1. The highest BCUT2D eigenvalue weighted by Gasteiger charge is 2.10. The van der Waals surface area contributed by atoms with Crippen molar-refractivity contribution in [3.05, 3.63) is 28.8 Å². The van der Waals surface area contributed by atoms with Crippen LogP contribution in [-0.4, -0.2) is 31.1 Å². The minimum Gasteiger partial charge on any atom is -0.492 e. The van der Waals surface area contributed by atoms with Gasteiger partial charge in [-0.25, -0.2) is 0 Å². The third kappa shape index (κ3) is 3.63. The Balaban J connectivity index is 1.74. The van der Waals surface area contributed by atoms with Crippen molar-refractivity contribution >= 4 is 11.6 Å². The van der Waals surface area contributed by atoms with E-state index in [1.54, 1.807) is 18.2 Å². The Bertz CT molecular complexity index is 436. The average molecular weight is 265 g/mol. The lowest BCUT2D eigenvalue weighted by atomic mass is 10.2. The number of rotatable bonds is 5. The van der Waals surface area contributed by atoms with Crippen molar-refractivity contribution in [3.63, 3.8) is 0 Å². The van der Waals surface area contributed by atoms with Gasteiger partial charge in [-0.3, -0.25) is 0 Å². The quantitative estimate of drug-likeness (QED) is 0.767. The number of benzene rings is 1. The van der Waals surface area contributed by atoms with Crippen LogP contribution >= 0.6 is 11.6 Å². The molecule has 1 aromatic carbocycles. The van der Waals surface area contributed by atoms with E-state index in [2.05, 4.69) is 11.0 Å². The lowest BCUT2D eigenvalue weighted by Gasteiger charge is -2.14. The predicted octanol–water partition coefficient (Wildman–Crippen LogP) is 3.08. The first-order valence-electron chi connectivity index (χ1n) is 6.34. The first-order valence-corrected chi connectivity index (χ1v) is 6.72. The maximum absolute atomic E-state index is 8.73. The van der Waals surface area contributed by atoms with Crippen molar-refractivity contribution in [1.29, 1.82) is 5.26 Å². The van der Waals surface area contributed by atoms with Crippen LogP contribution in [0.3, 0.4) is 0 Å². The summed E-state index contributed by atoms with van der Waals surface area (Å²) in [7, 11) is 0. The number of hydrogen-bond acceptors (Lipinski definition) is 3. The Morgan fingerprint density at radius 3 is 2.78 bits per heavy atom. The maximum atomic E-state index is 8.73. The molecule has 0 atom stereocenters. The summed E-state index contributed by atoms with van der Waals surface area (Å²) in [5.41, 5.74) is 0.560. The Kier molecular flexibility index (Phi) is 4.86. The van der Waals surface area contributed by atoms with Crippen molar-refractivity contribution in [1.82, 2.24) is 4.90 Å². The molecule has 2 rings (SSSR count). The maximum Gasteiger partial charge on any atom is 0.137 e. The molecule has 0 radical (unpaired) electrons. The third-order valence-corrected chi connectivity index (χ3v) is 3.43. The predicted molar refractivity (Wildman–Crippen MR) is 72.0 cm³/mol. The second kappa shape index (κ2) is 6.63. The van der Waals surface area contributed by atoms with Gasteiger partial charge < -0.3 is 9.64 Å². The summed E-state index contributed by atoms with van der Waals surface area (Å²) in [4.78, 5) is 2.46. The van der Waals surface area contributed by atoms with Gasteiger partial charge in [0, 0.05) is 6.54 Å². The van der Waals surface area contributed by atoms with Crippen LogP contribution in [-0.2, 0) is 0 Å². The Morgan fingerprint density at radius 1 is 1.33 bits per heavy atom. The SMILES string of the molecule is N#Cc1ccc(OCCCN2CCCC2)c(Cl)c1. The van der Waals surface area contributed by atoms with Gasteiger partial charge >= 0.3 is 0 Å². The molecule has 0 amide bonds. The summed E-state index contributed by atoms with van der Waals surface area (Å²) in [6, 6.07) is 7.17. The molecule has 1 aliphatic heterocycles. The largest absolute Gasteiger partial charge is 0.492 e. The fraction of sp³-hybridized carbons (Fsp3) is 0.500. The third-order valence-electron chi connectivity index (χ3n) is 3.14. The zero-order chi connectivity index (χ0) is 12.8. The van der Waals surface area contributed by atoms with Crippen LogP contribution in [0.1, 0.15) is 24.8 Å². The molecule has 1 heterocycles. The number of hydrogen-bond donors (Lipinski definition) is 0. The van der Waals surface area contributed by atoms with Gasteiger partial charge in [0.1, 0.15) is 5.75 Å². The molecule has 1 fully saturated rings. The fourth-order valence-electron chi connectivity index (χ4n) is 2.16. The van der Waals surface area contributed by atoms with Gasteiger partial charge in [0.25, 0.3) is 0 Å². The molecular weight excluding hydrogens is 248 g/mol. The van der Waals surface area contributed by atoms with E-state index in [1.165, 1.54) is 25.9 Å². The monoisotopic (exact) mass is 264 g/mol. The van der Waals surface area contributed by atoms with E-state index < -0.39 is 0 Å². The highest BCUT2D eigenvalue weighted by Crippen LogP contribution is 2.25. The molecule has 1 aliphatic rings. The van der Waals surface area contributed by atoms with Crippen molar-refractivity contribution in [2.24, 2.45) is 0 Å². The molecule has 1 aromatic rings. The zero-order valence-electron chi connectivity index (χ0n) is 10.4. The second-order valence-corrected chi connectivity index (χ2v) is 4.91. The molecule has 0 N–H and O–H groups in total. The number of nitriles is 1. The summed E-state index contributed by atoms with van der Waals surface area (Å²) in [6.07, 6.45) is 3.65.